The fraction of sp³-hybridized carbons (Fsp3) is 0.474. The molecule has 4 rings (SSSR count). The zero-order valence-corrected chi connectivity index (χ0v) is 15.6. The second-order valence-corrected chi connectivity index (χ2v) is 7.05. The van der Waals surface area contributed by atoms with Crippen LogP contribution in [0.25, 0.3) is 0 Å². The van der Waals surface area contributed by atoms with E-state index in [0.717, 1.165) is 12.3 Å². The number of hydrogen-bond acceptors (Lipinski definition) is 6. The number of hydrogen-bond donors (Lipinski definition) is 0. The van der Waals surface area contributed by atoms with E-state index in [1.807, 2.05) is 11.8 Å². The molecule has 156 valence electrons. The molecule has 1 fully saturated rings. The topological polar surface area (TPSA) is 56.7 Å². The number of likely N-dealkylation sites (tertiary alicyclic amines) is 1. The minimum Gasteiger partial charge on any atom is -0.487 e. The molecule has 0 aliphatic carbocycles. The van der Waals surface area contributed by atoms with E-state index < -0.39 is 17.7 Å². The summed E-state index contributed by atoms with van der Waals surface area (Å²) in [4.78, 5) is 9.64. The smallest absolute Gasteiger partial charge is 0.433 e. The maximum Gasteiger partial charge on any atom is 0.433 e. The summed E-state index contributed by atoms with van der Waals surface area (Å²) in [5.74, 6) is 0.365. The van der Waals surface area contributed by atoms with Gasteiger partial charge in [0.1, 0.15) is 36.6 Å². The normalized spacial score (nSPS) is 22.0. The third-order valence-corrected chi connectivity index (χ3v) is 4.91. The Morgan fingerprint density at radius 3 is 2.76 bits per heavy atom. The van der Waals surface area contributed by atoms with Crippen molar-refractivity contribution in [3.05, 3.63) is 41.6 Å². The Labute approximate surface area is 164 Å². The molecule has 0 bridgehead atoms. The molecule has 6 nitrogen and oxygen atoms in total. The van der Waals surface area contributed by atoms with Crippen LogP contribution in [0.4, 0.5) is 17.6 Å². The molecule has 0 radical (unpaired) electrons. The van der Waals surface area contributed by atoms with Crippen LogP contribution in [-0.2, 0) is 12.7 Å². The predicted octanol–water partition coefficient (Wildman–Crippen LogP) is 3.45. The Balaban J connectivity index is 1.40. The minimum atomic E-state index is -4.49. The molecule has 0 N–H and O–H groups in total. The van der Waals surface area contributed by atoms with E-state index in [2.05, 4.69) is 9.97 Å². The van der Waals surface area contributed by atoms with Gasteiger partial charge >= 0.3 is 6.18 Å². The summed E-state index contributed by atoms with van der Waals surface area (Å²) in [5, 5.41) is 0. The molecule has 0 saturated carbocycles. The van der Waals surface area contributed by atoms with Crippen LogP contribution in [-0.4, -0.2) is 46.8 Å². The van der Waals surface area contributed by atoms with E-state index in [-0.39, 0.29) is 36.0 Å². The number of ether oxygens (including phenoxy) is 3. The third-order valence-electron chi connectivity index (χ3n) is 4.91. The fourth-order valence-corrected chi connectivity index (χ4v) is 3.45. The third kappa shape index (κ3) is 4.36. The van der Waals surface area contributed by atoms with Crippen LogP contribution in [0.15, 0.2) is 24.4 Å². The molecule has 0 unspecified atom stereocenters. The molecule has 0 aromatic carbocycles. The average Bonchev–Trinajstić information content (AvgIpc) is 3.01. The van der Waals surface area contributed by atoms with Crippen molar-refractivity contribution in [2.75, 3.05) is 19.8 Å². The van der Waals surface area contributed by atoms with Crippen LogP contribution in [0, 0.1) is 5.82 Å². The molecule has 1 saturated heterocycles. The Bertz CT molecular complexity index is 876. The van der Waals surface area contributed by atoms with Gasteiger partial charge in [0.15, 0.2) is 5.75 Å². The average molecular weight is 413 g/mol. The van der Waals surface area contributed by atoms with Crippen molar-refractivity contribution < 1.29 is 31.8 Å². The Hall–Kier alpha value is -2.62. The number of nitrogens with zero attached hydrogens (tertiary/aromatic N) is 3. The summed E-state index contributed by atoms with van der Waals surface area (Å²) in [7, 11) is 0. The lowest BCUT2D eigenvalue weighted by molar-refractivity contribution is -0.141. The van der Waals surface area contributed by atoms with Gasteiger partial charge in [0, 0.05) is 31.6 Å². The number of aromatic nitrogens is 2. The highest BCUT2D eigenvalue weighted by Crippen LogP contribution is 2.32. The summed E-state index contributed by atoms with van der Waals surface area (Å²) in [6.45, 7) is 3.44. The SMILES string of the molecule is C[C@H]1C[C@@H](Oc2ccc(C(F)(F)F)nc2)CN1Cc1nc2c(cc1F)OCCO2. The molecular formula is C19H19F4N3O3. The molecule has 10 heteroatoms. The number of fused-ring (bicyclic) bond motifs is 1. The van der Waals surface area contributed by atoms with E-state index in [1.54, 1.807) is 0 Å². The second kappa shape index (κ2) is 7.66. The molecule has 2 aliphatic heterocycles. The zero-order chi connectivity index (χ0) is 20.6. The van der Waals surface area contributed by atoms with Gasteiger partial charge in [0.05, 0.1) is 11.9 Å². The highest BCUT2D eigenvalue weighted by atomic mass is 19.4. The van der Waals surface area contributed by atoms with Gasteiger partial charge < -0.3 is 14.2 Å². The van der Waals surface area contributed by atoms with Gasteiger partial charge in [0.2, 0.25) is 0 Å². The highest BCUT2D eigenvalue weighted by molar-refractivity contribution is 5.36. The molecule has 0 amide bonds. The number of pyridine rings is 2. The van der Waals surface area contributed by atoms with Crippen molar-refractivity contribution in [3.8, 4) is 17.4 Å². The van der Waals surface area contributed by atoms with E-state index in [9.17, 15) is 17.6 Å². The summed E-state index contributed by atoms with van der Waals surface area (Å²) >= 11 is 0. The van der Waals surface area contributed by atoms with Crippen LogP contribution >= 0.6 is 0 Å². The Morgan fingerprint density at radius 1 is 1.24 bits per heavy atom. The second-order valence-electron chi connectivity index (χ2n) is 7.05. The first-order chi connectivity index (χ1) is 13.8. The molecule has 2 aromatic rings. The number of rotatable bonds is 4. The van der Waals surface area contributed by atoms with Gasteiger partial charge in [-0.1, -0.05) is 0 Å². The Kier molecular flexibility index (Phi) is 5.20. The van der Waals surface area contributed by atoms with Gasteiger partial charge in [-0.2, -0.15) is 13.2 Å². The lowest BCUT2D eigenvalue weighted by atomic mass is 10.2. The highest BCUT2D eigenvalue weighted by Gasteiger charge is 2.34. The molecular weight excluding hydrogens is 394 g/mol. The fourth-order valence-electron chi connectivity index (χ4n) is 3.45. The van der Waals surface area contributed by atoms with Crippen LogP contribution in [0.3, 0.4) is 0 Å². The van der Waals surface area contributed by atoms with Crippen molar-refractivity contribution >= 4 is 0 Å². The van der Waals surface area contributed by atoms with Crippen molar-refractivity contribution in [3.63, 3.8) is 0 Å². The monoisotopic (exact) mass is 413 g/mol. The number of alkyl halides is 3. The zero-order valence-electron chi connectivity index (χ0n) is 15.6. The van der Waals surface area contributed by atoms with Crippen LogP contribution < -0.4 is 14.2 Å². The molecule has 2 atom stereocenters. The maximum atomic E-state index is 14.4. The first-order valence-electron chi connectivity index (χ1n) is 9.18. The molecule has 29 heavy (non-hydrogen) atoms. The molecule has 2 aliphatic rings. The first kappa shape index (κ1) is 19.7. The lowest BCUT2D eigenvalue weighted by Crippen LogP contribution is -2.29. The largest absolute Gasteiger partial charge is 0.487 e. The van der Waals surface area contributed by atoms with Crippen LogP contribution in [0.2, 0.25) is 0 Å². The summed E-state index contributed by atoms with van der Waals surface area (Å²) in [6.07, 6.45) is -3.02. The van der Waals surface area contributed by atoms with Gasteiger partial charge in [0.25, 0.3) is 5.88 Å². The Morgan fingerprint density at radius 2 is 2.03 bits per heavy atom. The van der Waals surface area contributed by atoms with Crippen molar-refractivity contribution in [1.29, 1.82) is 0 Å². The van der Waals surface area contributed by atoms with E-state index in [4.69, 9.17) is 14.2 Å². The van der Waals surface area contributed by atoms with Crippen molar-refractivity contribution in [2.24, 2.45) is 0 Å². The molecule has 0 spiro atoms. The quantitative estimate of drug-likeness (QED) is 0.716. The van der Waals surface area contributed by atoms with E-state index >= 15 is 0 Å². The molecule has 4 heterocycles. The van der Waals surface area contributed by atoms with Gasteiger partial charge in [-0.25, -0.2) is 14.4 Å². The first-order valence-corrected chi connectivity index (χ1v) is 9.18. The predicted molar refractivity (Wildman–Crippen MR) is 93.3 cm³/mol. The lowest BCUT2D eigenvalue weighted by Gasteiger charge is -2.22. The van der Waals surface area contributed by atoms with Gasteiger partial charge in [-0.15, -0.1) is 0 Å². The number of halogens is 4. The van der Waals surface area contributed by atoms with Crippen molar-refractivity contribution in [2.45, 2.75) is 38.2 Å². The summed E-state index contributed by atoms with van der Waals surface area (Å²) in [6, 6.07) is 3.50. The van der Waals surface area contributed by atoms with Crippen LogP contribution in [0.1, 0.15) is 24.7 Å². The summed E-state index contributed by atoms with van der Waals surface area (Å²) < 4.78 is 68.7. The minimum absolute atomic E-state index is 0.0804. The standard InChI is InChI=1S/C19H19F4N3O3/c1-11-6-13(29-12-2-3-17(24-8-12)19(21,22)23)9-26(11)10-15-14(20)7-16-18(25-15)28-5-4-27-16/h2-3,7-8,11,13H,4-6,9-10H2,1H3/t11-,13+/m0/s1. The van der Waals surface area contributed by atoms with Gasteiger partial charge in [-0.05, 0) is 19.1 Å². The van der Waals surface area contributed by atoms with Crippen LogP contribution in [0.5, 0.6) is 17.4 Å². The van der Waals surface area contributed by atoms with Gasteiger partial charge in [-0.3, -0.25) is 4.90 Å². The van der Waals surface area contributed by atoms with E-state index in [0.29, 0.717) is 31.9 Å². The molecule has 2 aromatic heterocycles. The summed E-state index contributed by atoms with van der Waals surface area (Å²) in [5.41, 5.74) is -0.718. The maximum absolute atomic E-state index is 14.4. The van der Waals surface area contributed by atoms with E-state index in [1.165, 1.54) is 12.1 Å². The van der Waals surface area contributed by atoms with Crippen molar-refractivity contribution in [1.82, 2.24) is 14.9 Å².